The van der Waals surface area contributed by atoms with Crippen molar-refractivity contribution in [3.63, 3.8) is 0 Å². The fourth-order valence-corrected chi connectivity index (χ4v) is 2.91. The van der Waals surface area contributed by atoms with Gasteiger partial charge in [-0.3, -0.25) is 0 Å². The maximum atomic E-state index is 11.1. The van der Waals surface area contributed by atoms with Gasteiger partial charge in [0.15, 0.2) is 0 Å². The molecule has 0 bridgehead atoms. The molecule has 0 unspecified atom stereocenters. The Labute approximate surface area is 148 Å². The summed E-state index contributed by atoms with van der Waals surface area (Å²) in [6.07, 6.45) is 1.74. The van der Waals surface area contributed by atoms with Crippen molar-refractivity contribution < 1.29 is 4.79 Å². The molecule has 0 aliphatic rings. The Morgan fingerprint density at radius 2 is 1.20 bits per heavy atom. The largest absolute Gasteiger partial charge is 0.240 e. The van der Waals surface area contributed by atoms with Gasteiger partial charge in [0.05, 0.1) is 5.69 Å². The van der Waals surface area contributed by atoms with E-state index in [0.29, 0.717) is 5.69 Å². The molecule has 0 radical (unpaired) electrons. The molecular formula is C23H21NO. The van der Waals surface area contributed by atoms with Crippen molar-refractivity contribution >= 4 is 11.8 Å². The molecular weight excluding hydrogens is 306 g/mol. The van der Waals surface area contributed by atoms with Gasteiger partial charge in [-0.05, 0) is 34.2 Å². The zero-order valence-corrected chi connectivity index (χ0v) is 14.8. The lowest BCUT2D eigenvalue weighted by atomic mass is 9.82. The van der Waals surface area contributed by atoms with Gasteiger partial charge in [-0.25, -0.2) is 4.79 Å². The Hall–Kier alpha value is -2.96. The third-order valence-electron chi connectivity index (χ3n) is 4.30. The predicted molar refractivity (Wildman–Crippen MR) is 104 cm³/mol. The van der Waals surface area contributed by atoms with Gasteiger partial charge < -0.3 is 0 Å². The summed E-state index contributed by atoms with van der Waals surface area (Å²) >= 11 is 0. The lowest BCUT2D eigenvalue weighted by molar-refractivity contribution is 0.565. The smallest absolute Gasteiger partial charge is 0.211 e. The number of hydrogen-bond donors (Lipinski definition) is 0. The third-order valence-corrected chi connectivity index (χ3v) is 4.30. The first kappa shape index (κ1) is 16.9. The van der Waals surface area contributed by atoms with Crippen LogP contribution in [-0.4, -0.2) is 6.08 Å². The van der Waals surface area contributed by atoms with Gasteiger partial charge in [0.2, 0.25) is 6.08 Å². The van der Waals surface area contributed by atoms with E-state index in [2.05, 4.69) is 37.9 Å². The molecule has 0 aliphatic carbocycles. The Bertz CT molecular complexity index is 855. The quantitative estimate of drug-likeness (QED) is 0.411. The second kappa shape index (κ2) is 6.88. The highest BCUT2D eigenvalue weighted by Crippen LogP contribution is 2.42. The molecule has 3 aromatic rings. The van der Waals surface area contributed by atoms with Crippen molar-refractivity contribution in [2.24, 2.45) is 4.99 Å². The maximum absolute atomic E-state index is 11.1. The molecule has 0 fully saturated rings. The molecule has 124 valence electrons. The minimum atomic E-state index is -0.0174. The molecule has 0 aromatic heterocycles. The lowest BCUT2D eigenvalue weighted by Crippen LogP contribution is -2.11. The molecule has 25 heavy (non-hydrogen) atoms. The normalized spacial score (nSPS) is 11.0. The van der Waals surface area contributed by atoms with Crippen molar-refractivity contribution in [2.75, 3.05) is 0 Å². The van der Waals surface area contributed by atoms with Crippen LogP contribution in [0.15, 0.2) is 77.8 Å². The minimum absolute atomic E-state index is 0.0174. The van der Waals surface area contributed by atoms with Crippen LogP contribution in [-0.2, 0) is 10.2 Å². The summed E-state index contributed by atoms with van der Waals surface area (Å²) in [7, 11) is 0. The Morgan fingerprint density at radius 1 is 0.760 bits per heavy atom. The van der Waals surface area contributed by atoms with Crippen LogP contribution in [0.1, 0.15) is 26.3 Å². The van der Waals surface area contributed by atoms with Crippen molar-refractivity contribution in [3.8, 4) is 22.3 Å². The fourth-order valence-electron chi connectivity index (χ4n) is 2.91. The molecule has 0 N–H and O–H groups in total. The molecule has 0 aliphatic heterocycles. The van der Waals surface area contributed by atoms with E-state index in [1.54, 1.807) is 6.08 Å². The molecule has 0 spiro atoms. The average molecular weight is 327 g/mol. The second-order valence-corrected chi connectivity index (χ2v) is 7.11. The molecule has 0 amide bonds. The molecule has 2 heteroatoms. The summed E-state index contributed by atoms with van der Waals surface area (Å²) < 4.78 is 0. The SMILES string of the molecule is CC(C)(C)c1cc(-c2ccccc2)c(N=C=O)c(-c2ccccc2)c1. The van der Waals surface area contributed by atoms with Crippen LogP contribution in [0.25, 0.3) is 22.3 Å². The zero-order valence-electron chi connectivity index (χ0n) is 14.8. The number of carbonyl (C=O) groups excluding carboxylic acids is 1. The van der Waals surface area contributed by atoms with Crippen LogP contribution in [0.5, 0.6) is 0 Å². The van der Waals surface area contributed by atoms with Crippen molar-refractivity contribution in [1.82, 2.24) is 0 Å². The van der Waals surface area contributed by atoms with Crippen LogP contribution >= 0.6 is 0 Å². The second-order valence-electron chi connectivity index (χ2n) is 7.11. The van der Waals surface area contributed by atoms with E-state index in [0.717, 1.165) is 22.3 Å². The highest BCUT2D eigenvalue weighted by atomic mass is 16.1. The molecule has 3 aromatic carbocycles. The standard InChI is InChI=1S/C23H21NO/c1-23(2,3)19-14-20(17-10-6-4-7-11-17)22(24-16-25)21(15-19)18-12-8-5-9-13-18/h4-15H,1-3H3. The van der Waals surface area contributed by atoms with Gasteiger partial charge >= 0.3 is 0 Å². The summed E-state index contributed by atoms with van der Waals surface area (Å²) in [5, 5.41) is 0. The Kier molecular flexibility index (Phi) is 4.65. The number of isocyanates is 1. The maximum Gasteiger partial charge on any atom is 0.240 e. The monoisotopic (exact) mass is 327 g/mol. The minimum Gasteiger partial charge on any atom is -0.211 e. The van der Waals surface area contributed by atoms with E-state index in [1.807, 2.05) is 60.7 Å². The third kappa shape index (κ3) is 3.60. The predicted octanol–water partition coefficient (Wildman–Crippen LogP) is 6.29. The fraction of sp³-hybridized carbons (Fsp3) is 0.174. The van der Waals surface area contributed by atoms with Gasteiger partial charge in [-0.1, -0.05) is 81.4 Å². The number of hydrogen-bond acceptors (Lipinski definition) is 2. The number of nitrogens with zero attached hydrogens (tertiary/aromatic N) is 1. The zero-order chi connectivity index (χ0) is 17.9. The van der Waals surface area contributed by atoms with Crippen LogP contribution in [0.2, 0.25) is 0 Å². The van der Waals surface area contributed by atoms with E-state index in [9.17, 15) is 4.79 Å². The summed E-state index contributed by atoms with van der Waals surface area (Å²) in [4.78, 5) is 15.2. The molecule has 2 nitrogen and oxygen atoms in total. The first-order valence-corrected chi connectivity index (χ1v) is 8.38. The van der Waals surface area contributed by atoms with E-state index in [4.69, 9.17) is 0 Å². The summed E-state index contributed by atoms with van der Waals surface area (Å²) in [5.41, 5.74) is 5.84. The van der Waals surface area contributed by atoms with Crippen LogP contribution < -0.4 is 0 Å². The van der Waals surface area contributed by atoms with Crippen LogP contribution in [0.3, 0.4) is 0 Å². The van der Waals surface area contributed by atoms with Gasteiger partial charge in [-0.2, -0.15) is 4.99 Å². The van der Waals surface area contributed by atoms with Gasteiger partial charge in [0, 0.05) is 11.1 Å². The van der Waals surface area contributed by atoms with E-state index < -0.39 is 0 Å². The average Bonchev–Trinajstić information content (AvgIpc) is 2.62. The number of benzene rings is 3. The molecule has 0 atom stereocenters. The summed E-state index contributed by atoms with van der Waals surface area (Å²) in [6, 6.07) is 24.4. The molecule has 0 saturated carbocycles. The summed E-state index contributed by atoms with van der Waals surface area (Å²) in [5.74, 6) is 0. The van der Waals surface area contributed by atoms with Crippen LogP contribution in [0.4, 0.5) is 5.69 Å². The van der Waals surface area contributed by atoms with Crippen molar-refractivity contribution in [1.29, 1.82) is 0 Å². The van der Waals surface area contributed by atoms with E-state index in [1.165, 1.54) is 5.56 Å². The van der Waals surface area contributed by atoms with Gasteiger partial charge in [0.1, 0.15) is 0 Å². The highest BCUT2D eigenvalue weighted by molar-refractivity contribution is 5.90. The number of aliphatic imine (C=N–C) groups is 1. The van der Waals surface area contributed by atoms with Crippen LogP contribution in [0, 0.1) is 0 Å². The molecule has 3 rings (SSSR count). The van der Waals surface area contributed by atoms with E-state index in [-0.39, 0.29) is 5.41 Å². The Morgan fingerprint density at radius 3 is 1.56 bits per heavy atom. The van der Waals surface area contributed by atoms with E-state index >= 15 is 0 Å². The van der Waals surface area contributed by atoms with Crippen molar-refractivity contribution in [3.05, 3.63) is 78.4 Å². The highest BCUT2D eigenvalue weighted by Gasteiger charge is 2.20. The first-order chi connectivity index (χ1) is 12.0. The topological polar surface area (TPSA) is 29.4 Å². The lowest BCUT2D eigenvalue weighted by Gasteiger charge is -2.23. The molecule has 0 heterocycles. The number of rotatable bonds is 3. The Balaban J connectivity index is 2.39. The van der Waals surface area contributed by atoms with Gasteiger partial charge in [-0.15, -0.1) is 0 Å². The van der Waals surface area contributed by atoms with Crippen molar-refractivity contribution in [2.45, 2.75) is 26.2 Å². The molecule has 0 saturated heterocycles. The first-order valence-electron chi connectivity index (χ1n) is 8.38. The van der Waals surface area contributed by atoms with Gasteiger partial charge in [0.25, 0.3) is 0 Å². The summed E-state index contributed by atoms with van der Waals surface area (Å²) in [6.45, 7) is 6.57.